The number of nitrogens with one attached hydrogen (secondary N) is 2. The molecule has 1 amide bonds. The number of nitro groups is 1. The number of amides is 1. The quantitative estimate of drug-likeness (QED) is 0.533. The summed E-state index contributed by atoms with van der Waals surface area (Å²) in [5.41, 5.74) is 0.916. The van der Waals surface area contributed by atoms with E-state index < -0.39 is 22.4 Å². The third-order valence-electron chi connectivity index (χ3n) is 3.97. The van der Waals surface area contributed by atoms with Gasteiger partial charge in [0.2, 0.25) is 0 Å². The fourth-order valence-corrected chi connectivity index (χ4v) is 2.55. The number of H-pyrrole nitrogens is 1. The summed E-state index contributed by atoms with van der Waals surface area (Å²) in [5, 5.41) is 13.5. The molecule has 0 aliphatic carbocycles. The molecular weight excluding hydrogens is 348 g/mol. The largest absolute Gasteiger partial charge is 0.344 e. The third kappa shape index (κ3) is 4.24. The predicted molar refractivity (Wildman–Crippen MR) is 99.3 cm³/mol. The second-order valence-electron chi connectivity index (χ2n) is 5.89. The van der Waals surface area contributed by atoms with E-state index in [1.807, 2.05) is 6.07 Å². The van der Waals surface area contributed by atoms with Crippen molar-refractivity contribution in [2.45, 2.75) is 13.0 Å². The Balaban J connectivity index is 1.80. The smallest absolute Gasteiger partial charge is 0.270 e. The van der Waals surface area contributed by atoms with Crippen LogP contribution in [0.25, 0.3) is 11.4 Å². The van der Waals surface area contributed by atoms with Gasteiger partial charge in [-0.05, 0) is 12.5 Å². The molecular formula is C19H16N4O4. The maximum absolute atomic E-state index is 12.5. The van der Waals surface area contributed by atoms with Crippen molar-refractivity contribution in [1.29, 1.82) is 0 Å². The molecule has 2 aromatic carbocycles. The van der Waals surface area contributed by atoms with Crippen molar-refractivity contribution in [2.75, 3.05) is 0 Å². The zero-order valence-corrected chi connectivity index (χ0v) is 14.4. The summed E-state index contributed by atoms with van der Waals surface area (Å²) >= 11 is 0. The van der Waals surface area contributed by atoms with E-state index in [2.05, 4.69) is 15.3 Å². The minimum absolute atomic E-state index is 0.00800. The van der Waals surface area contributed by atoms with Gasteiger partial charge >= 0.3 is 0 Å². The van der Waals surface area contributed by atoms with Crippen LogP contribution in [0.4, 0.5) is 5.69 Å². The van der Waals surface area contributed by atoms with Crippen molar-refractivity contribution in [2.24, 2.45) is 0 Å². The molecule has 2 N–H and O–H groups in total. The molecule has 8 heteroatoms. The molecule has 3 aromatic rings. The number of hydrogen-bond donors (Lipinski definition) is 2. The molecule has 0 bridgehead atoms. The van der Waals surface area contributed by atoms with Crippen LogP contribution in [0.15, 0.2) is 65.5 Å². The average molecular weight is 364 g/mol. The van der Waals surface area contributed by atoms with Gasteiger partial charge in [0.1, 0.15) is 11.5 Å². The molecule has 8 nitrogen and oxygen atoms in total. The first-order valence-electron chi connectivity index (χ1n) is 8.16. The van der Waals surface area contributed by atoms with Crippen LogP contribution in [-0.4, -0.2) is 20.8 Å². The third-order valence-corrected chi connectivity index (χ3v) is 3.97. The van der Waals surface area contributed by atoms with Crippen LogP contribution in [0.2, 0.25) is 0 Å². The summed E-state index contributed by atoms with van der Waals surface area (Å²) in [4.78, 5) is 41.5. The van der Waals surface area contributed by atoms with Crippen molar-refractivity contribution in [3.63, 3.8) is 0 Å². The van der Waals surface area contributed by atoms with Crippen molar-refractivity contribution in [3.8, 4) is 11.4 Å². The Morgan fingerprint density at radius 3 is 2.44 bits per heavy atom. The van der Waals surface area contributed by atoms with Gasteiger partial charge in [0, 0.05) is 23.8 Å². The summed E-state index contributed by atoms with van der Waals surface area (Å²) in [6.45, 7) is 1.74. The molecule has 27 heavy (non-hydrogen) atoms. The van der Waals surface area contributed by atoms with Gasteiger partial charge in [-0.15, -0.1) is 0 Å². The van der Waals surface area contributed by atoms with E-state index in [0.717, 1.165) is 6.07 Å². The van der Waals surface area contributed by atoms with E-state index in [1.54, 1.807) is 43.3 Å². The van der Waals surface area contributed by atoms with Crippen molar-refractivity contribution >= 4 is 11.6 Å². The Labute approximate surface area is 154 Å². The Morgan fingerprint density at radius 1 is 1.15 bits per heavy atom. The molecule has 0 aliphatic rings. The Morgan fingerprint density at radius 2 is 1.81 bits per heavy atom. The molecule has 0 saturated heterocycles. The second kappa shape index (κ2) is 7.61. The molecule has 0 saturated carbocycles. The maximum Gasteiger partial charge on any atom is 0.270 e. The summed E-state index contributed by atoms with van der Waals surface area (Å²) in [6, 6.07) is 15.6. The number of hydrogen-bond acceptors (Lipinski definition) is 5. The number of benzene rings is 2. The van der Waals surface area contributed by atoms with Gasteiger partial charge < -0.3 is 10.3 Å². The van der Waals surface area contributed by atoms with Crippen LogP contribution < -0.4 is 10.9 Å². The molecule has 136 valence electrons. The van der Waals surface area contributed by atoms with Crippen LogP contribution in [0.3, 0.4) is 0 Å². The number of non-ortho nitro benzene ring substituents is 1. The van der Waals surface area contributed by atoms with Crippen LogP contribution >= 0.6 is 0 Å². The molecule has 0 aliphatic heterocycles. The van der Waals surface area contributed by atoms with Gasteiger partial charge in [0.25, 0.3) is 17.2 Å². The number of rotatable bonds is 5. The molecule has 0 spiro atoms. The predicted octanol–water partition coefficient (Wildman–Crippen LogP) is 2.84. The number of carbonyl (C=O) groups excluding carboxylic acids is 1. The number of aromatic amines is 1. The van der Waals surface area contributed by atoms with Gasteiger partial charge in [0.05, 0.1) is 11.0 Å². The van der Waals surface area contributed by atoms with E-state index in [-0.39, 0.29) is 11.4 Å². The minimum Gasteiger partial charge on any atom is -0.344 e. The number of nitro benzene ring substituents is 1. The molecule has 1 aromatic heterocycles. The standard InChI is InChI=1S/C19H16N4O4/c1-12(13-7-9-15(10-8-13)23(26)27)20-19(25)16-11-17(24)22-18(21-16)14-5-3-2-4-6-14/h2-12H,1H3,(H,20,25)(H,21,22,24)/t12-/m1/s1. The number of aromatic nitrogens is 2. The van der Waals surface area contributed by atoms with E-state index in [0.29, 0.717) is 17.0 Å². The lowest BCUT2D eigenvalue weighted by molar-refractivity contribution is -0.384. The SMILES string of the molecule is C[C@@H](NC(=O)c1cc(=O)[nH]c(-c2ccccc2)n1)c1ccc([N+](=O)[O-])cc1. The topological polar surface area (TPSA) is 118 Å². The summed E-state index contributed by atoms with van der Waals surface area (Å²) in [5.74, 6) is -0.208. The molecule has 1 heterocycles. The fourth-order valence-electron chi connectivity index (χ4n) is 2.55. The molecule has 3 rings (SSSR count). The Kier molecular flexibility index (Phi) is 5.07. The Hall–Kier alpha value is -3.81. The summed E-state index contributed by atoms with van der Waals surface area (Å²) in [6.07, 6.45) is 0. The lowest BCUT2D eigenvalue weighted by atomic mass is 10.1. The van der Waals surface area contributed by atoms with E-state index >= 15 is 0 Å². The highest BCUT2D eigenvalue weighted by molar-refractivity contribution is 5.92. The lowest BCUT2D eigenvalue weighted by Crippen LogP contribution is -2.29. The lowest BCUT2D eigenvalue weighted by Gasteiger charge is -2.14. The second-order valence-corrected chi connectivity index (χ2v) is 5.89. The highest BCUT2D eigenvalue weighted by Gasteiger charge is 2.16. The zero-order valence-electron chi connectivity index (χ0n) is 14.4. The van der Waals surface area contributed by atoms with Crippen molar-refractivity contribution in [3.05, 3.63) is 92.4 Å². The summed E-state index contributed by atoms with van der Waals surface area (Å²) in [7, 11) is 0. The van der Waals surface area contributed by atoms with E-state index in [1.165, 1.54) is 12.1 Å². The maximum atomic E-state index is 12.5. The van der Waals surface area contributed by atoms with E-state index in [4.69, 9.17) is 0 Å². The molecule has 1 atom stereocenters. The fraction of sp³-hybridized carbons (Fsp3) is 0.105. The van der Waals surface area contributed by atoms with Crippen molar-refractivity contribution < 1.29 is 9.72 Å². The van der Waals surface area contributed by atoms with Crippen LogP contribution in [-0.2, 0) is 0 Å². The van der Waals surface area contributed by atoms with Gasteiger partial charge in [-0.2, -0.15) is 0 Å². The first-order valence-corrected chi connectivity index (χ1v) is 8.16. The monoisotopic (exact) mass is 364 g/mol. The van der Waals surface area contributed by atoms with Crippen LogP contribution in [0, 0.1) is 10.1 Å². The van der Waals surface area contributed by atoms with Crippen molar-refractivity contribution in [1.82, 2.24) is 15.3 Å². The Bertz CT molecular complexity index is 1030. The minimum atomic E-state index is -0.510. The number of carbonyl (C=O) groups is 1. The van der Waals surface area contributed by atoms with E-state index in [9.17, 15) is 19.7 Å². The molecule has 0 fully saturated rings. The average Bonchev–Trinajstić information content (AvgIpc) is 2.68. The first kappa shape index (κ1) is 18.0. The van der Waals surface area contributed by atoms with Crippen LogP contribution in [0.5, 0.6) is 0 Å². The highest BCUT2D eigenvalue weighted by atomic mass is 16.6. The van der Waals surface area contributed by atoms with Gasteiger partial charge in [0.15, 0.2) is 0 Å². The molecule has 0 radical (unpaired) electrons. The highest BCUT2D eigenvalue weighted by Crippen LogP contribution is 2.18. The first-order chi connectivity index (χ1) is 12.9. The van der Waals surface area contributed by atoms with Gasteiger partial charge in [-0.25, -0.2) is 4.98 Å². The molecule has 0 unspecified atom stereocenters. The summed E-state index contributed by atoms with van der Waals surface area (Å²) < 4.78 is 0. The normalized spacial score (nSPS) is 11.6. The van der Waals surface area contributed by atoms with Crippen LogP contribution in [0.1, 0.15) is 29.0 Å². The zero-order chi connectivity index (χ0) is 19.4. The number of nitrogens with zero attached hydrogens (tertiary/aromatic N) is 2. The van der Waals surface area contributed by atoms with Gasteiger partial charge in [-0.3, -0.25) is 19.7 Å². The van der Waals surface area contributed by atoms with Gasteiger partial charge in [-0.1, -0.05) is 42.5 Å².